The van der Waals surface area contributed by atoms with Crippen LogP contribution in [0, 0.1) is 0 Å². The summed E-state index contributed by atoms with van der Waals surface area (Å²) in [5, 5.41) is 4.02. The van der Waals surface area contributed by atoms with E-state index in [-0.39, 0.29) is 11.6 Å². The molecule has 1 amide bonds. The minimum Gasteiger partial charge on any atom is -0.464 e. The van der Waals surface area contributed by atoms with Crippen LogP contribution in [0.4, 0.5) is 5.69 Å². The predicted molar refractivity (Wildman–Crippen MR) is 96.7 cm³/mol. The Labute approximate surface area is 151 Å². The second-order valence-corrected chi connectivity index (χ2v) is 6.37. The van der Waals surface area contributed by atoms with Gasteiger partial charge in [0.25, 0.3) is 5.91 Å². The molecule has 0 aliphatic rings. The summed E-state index contributed by atoms with van der Waals surface area (Å²) in [7, 11) is 1.29. The quantitative estimate of drug-likeness (QED) is 0.622. The van der Waals surface area contributed by atoms with Gasteiger partial charge in [0.05, 0.1) is 12.8 Å². The second kappa shape index (κ2) is 6.67. The molecule has 0 bridgehead atoms. The van der Waals surface area contributed by atoms with Crippen molar-refractivity contribution in [1.29, 1.82) is 0 Å². The number of fused-ring (bicyclic) bond motifs is 1. The normalized spacial score (nSPS) is 10.6. The van der Waals surface area contributed by atoms with E-state index in [1.54, 1.807) is 24.3 Å². The van der Waals surface area contributed by atoms with E-state index < -0.39 is 5.97 Å². The number of aromatic amines is 1. The fraction of sp³-hybridized carbons (Fsp3) is 0.0588. The summed E-state index contributed by atoms with van der Waals surface area (Å²) in [6, 6.07) is 11.9. The monoisotopic (exact) mass is 406 g/mol. The van der Waals surface area contributed by atoms with Gasteiger partial charge in [0, 0.05) is 26.0 Å². The first-order valence-electron chi connectivity index (χ1n) is 6.96. The fourth-order valence-corrected chi connectivity index (χ4v) is 2.82. The molecule has 0 aliphatic heterocycles. The first-order valence-corrected chi connectivity index (χ1v) is 8.13. The van der Waals surface area contributed by atoms with Gasteiger partial charge in [-0.15, -0.1) is 0 Å². The Kier molecular flexibility index (Phi) is 4.59. The number of anilines is 1. The number of methoxy groups -OCH3 is 1. The molecule has 122 valence electrons. The Balaban J connectivity index is 2.06. The van der Waals surface area contributed by atoms with E-state index in [1.165, 1.54) is 7.11 Å². The van der Waals surface area contributed by atoms with Crippen molar-refractivity contribution < 1.29 is 14.3 Å². The average Bonchev–Trinajstić information content (AvgIpc) is 2.92. The number of H-pyrrole nitrogens is 1. The lowest BCUT2D eigenvalue weighted by Gasteiger charge is -2.07. The van der Waals surface area contributed by atoms with Crippen LogP contribution in [0.3, 0.4) is 0 Å². The summed E-state index contributed by atoms with van der Waals surface area (Å²) in [6.07, 6.45) is 0. The van der Waals surface area contributed by atoms with Crippen molar-refractivity contribution in [1.82, 2.24) is 4.98 Å². The van der Waals surface area contributed by atoms with Gasteiger partial charge in [-0.25, -0.2) is 4.79 Å². The number of carbonyl (C=O) groups is 2. The third-order valence-corrected chi connectivity index (χ3v) is 4.24. The van der Waals surface area contributed by atoms with Crippen molar-refractivity contribution in [3.8, 4) is 0 Å². The molecule has 0 atom stereocenters. The highest BCUT2D eigenvalue weighted by Crippen LogP contribution is 2.31. The summed E-state index contributed by atoms with van der Waals surface area (Å²) in [5.74, 6) is -0.911. The molecule has 2 aromatic carbocycles. The van der Waals surface area contributed by atoms with E-state index >= 15 is 0 Å². The van der Waals surface area contributed by atoms with E-state index in [0.29, 0.717) is 27.2 Å². The highest BCUT2D eigenvalue weighted by Gasteiger charge is 2.21. The van der Waals surface area contributed by atoms with Gasteiger partial charge in [-0.05, 0) is 42.5 Å². The molecule has 5 nitrogen and oxygen atoms in total. The summed E-state index contributed by atoms with van der Waals surface area (Å²) < 4.78 is 5.62. The van der Waals surface area contributed by atoms with E-state index in [1.807, 2.05) is 18.2 Å². The molecule has 0 spiro atoms. The third kappa shape index (κ3) is 3.16. The zero-order valence-corrected chi connectivity index (χ0v) is 14.9. The largest absolute Gasteiger partial charge is 0.464 e. The van der Waals surface area contributed by atoms with Crippen LogP contribution in [-0.2, 0) is 4.74 Å². The van der Waals surface area contributed by atoms with Gasteiger partial charge in [-0.1, -0.05) is 27.5 Å². The first-order chi connectivity index (χ1) is 11.5. The van der Waals surface area contributed by atoms with Gasteiger partial charge >= 0.3 is 5.97 Å². The van der Waals surface area contributed by atoms with Crippen molar-refractivity contribution >= 4 is 56.0 Å². The minimum absolute atomic E-state index is 0.188. The molecule has 1 heterocycles. The van der Waals surface area contributed by atoms with Crippen LogP contribution >= 0.6 is 27.5 Å². The molecule has 1 aromatic heterocycles. The van der Waals surface area contributed by atoms with Crippen molar-refractivity contribution in [3.63, 3.8) is 0 Å². The number of amides is 1. The lowest BCUT2D eigenvalue weighted by molar-refractivity contribution is 0.0596. The number of rotatable bonds is 3. The Morgan fingerprint density at radius 3 is 2.54 bits per heavy atom. The maximum atomic E-state index is 12.5. The predicted octanol–water partition coefficient (Wildman–Crippen LogP) is 4.62. The standard InChI is InChI=1S/C17H12BrClN2O3/c1-24-17(23)15-14(12-8-10(18)4-7-13(12)20-15)21-16(22)9-2-5-11(19)6-3-9/h2-8,20H,1H3,(H,21,22). The summed E-state index contributed by atoms with van der Waals surface area (Å²) in [5.41, 5.74) is 1.70. The van der Waals surface area contributed by atoms with Gasteiger partial charge < -0.3 is 15.0 Å². The Morgan fingerprint density at radius 1 is 1.17 bits per heavy atom. The van der Waals surface area contributed by atoms with Crippen molar-refractivity contribution in [2.75, 3.05) is 12.4 Å². The molecule has 0 radical (unpaired) electrons. The molecular weight excluding hydrogens is 396 g/mol. The Morgan fingerprint density at radius 2 is 1.88 bits per heavy atom. The zero-order valence-electron chi connectivity index (χ0n) is 12.5. The molecular formula is C17H12BrClN2O3. The Hall–Kier alpha value is -2.31. The molecule has 2 N–H and O–H groups in total. The topological polar surface area (TPSA) is 71.2 Å². The number of carbonyl (C=O) groups excluding carboxylic acids is 2. The van der Waals surface area contributed by atoms with Crippen LogP contribution in [0.1, 0.15) is 20.8 Å². The number of hydrogen-bond donors (Lipinski definition) is 2. The average molecular weight is 408 g/mol. The second-order valence-electron chi connectivity index (χ2n) is 5.02. The van der Waals surface area contributed by atoms with Crippen LogP contribution in [0.5, 0.6) is 0 Å². The number of hydrogen-bond acceptors (Lipinski definition) is 3. The number of halogens is 2. The minimum atomic E-state index is -0.561. The van der Waals surface area contributed by atoms with Crippen molar-refractivity contribution in [2.45, 2.75) is 0 Å². The van der Waals surface area contributed by atoms with Gasteiger partial charge in [0.1, 0.15) is 5.69 Å². The maximum absolute atomic E-state index is 12.5. The summed E-state index contributed by atoms with van der Waals surface area (Å²) in [4.78, 5) is 27.5. The molecule has 0 saturated heterocycles. The van der Waals surface area contributed by atoms with Gasteiger partial charge in [0.15, 0.2) is 0 Å². The number of esters is 1. The van der Waals surface area contributed by atoms with Crippen LogP contribution in [0.15, 0.2) is 46.9 Å². The first kappa shape index (κ1) is 16.5. The molecule has 0 saturated carbocycles. The molecule has 3 aromatic rings. The number of ether oxygens (including phenoxy) is 1. The van der Waals surface area contributed by atoms with Crippen LogP contribution < -0.4 is 5.32 Å². The van der Waals surface area contributed by atoms with E-state index in [0.717, 1.165) is 4.47 Å². The van der Waals surface area contributed by atoms with E-state index in [2.05, 4.69) is 26.2 Å². The highest BCUT2D eigenvalue weighted by molar-refractivity contribution is 9.10. The highest BCUT2D eigenvalue weighted by atomic mass is 79.9. The Bertz CT molecular complexity index is 935. The van der Waals surface area contributed by atoms with Gasteiger partial charge in [-0.2, -0.15) is 0 Å². The molecule has 0 fully saturated rings. The zero-order chi connectivity index (χ0) is 17.3. The molecule has 0 aliphatic carbocycles. The van der Waals surface area contributed by atoms with E-state index in [9.17, 15) is 9.59 Å². The lowest BCUT2D eigenvalue weighted by Crippen LogP contribution is -2.14. The maximum Gasteiger partial charge on any atom is 0.356 e. The number of nitrogens with one attached hydrogen (secondary N) is 2. The van der Waals surface area contributed by atoms with Crippen LogP contribution in [0.2, 0.25) is 5.02 Å². The molecule has 3 rings (SSSR count). The summed E-state index contributed by atoms with van der Waals surface area (Å²) in [6.45, 7) is 0. The van der Waals surface area contributed by atoms with Crippen molar-refractivity contribution in [3.05, 3.63) is 63.2 Å². The lowest BCUT2D eigenvalue weighted by atomic mass is 10.2. The SMILES string of the molecule is COC(=O)c1[nH]c2ccc(Br)cc2c1NC(=O)c1ccc(Cl)cc1. The summed E-state index contributed by atoms with van der Waals surface area (Å²) >= 11 is 9.23. The van der Waals surface area contributed by atoms with E-state index in [4.69, 9.17) is 16.3 Å². The van der Waals surface area contributed by atoms with Gasteiger partial charge in [-0.3, -0.25) is 4.79 Å². The molecule has 0 unspecified atom stereocenters. The van der Waals surface area contributed by atoms with Gasteiger partial charge in [0.2, 0.25) is 0 Å². The smallest absolute Gasteiger partial charge is 0.356 e. The fourth-order valence-electron chi connectivity index (χ4n) is 2.34. The number of benzene rings is 2. The van der Waals surface area contributed by atoms with Crippen LogP contribution in [-0.4, -0.2) is 24.0 Å². The van der Waals surface area contributed by atoms with Crippen LogP contribution in [0.25, 0.3) is 10.9 Å². The molecule has 7 heteroatoms. The third-order valence-electron chi connectivity index (χ3n) is 3.50. The van der Waals surface area contributed by atoms with Crippen molar-refractivity contribution in [2.24, 2.45) is 0 Å². The molecule has 24 heavy (non-hydrogen) atoms. The number of aromatic nitrogens is 1.